The first kappa shape index (κ1) is 11.9. The molecule has 1 heterocycles. The molecular formula is C16H17NO2. The fourth-order valence-electron chi connectivity index (χ4n) is 2.46. The Balaban J connectivity index is 1.91. The van der Waals surface area contributed by atoms with Crippen molar-refractivity contribution in [2.45, 2.75) is 13.0 Å². The summed E-state index contributed by atoms with van der Waals surface area (Å²) in [5.74, 6) is 1.03. The van der Waals surface area contributed by atoms with Gasteiger partial charge in [0, 0.05) is 24.4 Å². The van der Waals surface area contributed by atoms with Gasteiger partial charge in [0.25, 0.3) is 0 Å². The Kier molecular flexibility index (Phi) is 2.82. The minimum atomic E-state index is 0.193. The molecule has 0 amide bonds. The number of nitrogens with zero attached hydrogens (tertiary/aromatic N) is 1. The van der Waals surface area contributed by atoms with Crippen molar-refractivity contribution in [3.8, 4) is 11.5 Å². The standard InChI is InChI=1S/C16H17NO2/c1-11-3-5-12(6-4-11)17(2)15-10-19-16-9-13(18)7-8-14(15)16/h3-9,15,18H,10H2,1-2H3. The van der Waals surface area contributed by atoms with Crippen molar-refractivity contribution in [2.75, 3.05) is 18.6 Å². The largest absolute Gasteiger partial charge is 0.508 e. The van der Waals surface area contributed by atoms with Crippen LogP contribution in [0.3, 0.4) is 0 Å². The van der Waals surface area contributed by atoms with E-state index in [0.29, 0.717) is 6.61 Å². The summed E-state index contributed by atoms with van der Waals surface area (Å²) in [6.45, 7) is 2.70. The van der Waals surface area contributed by atoms with E-state index in [2.05, 4.69) is 43.1 Å². The third-order valence-corrected chi connectivity index (χ3v) is 3.66. The Hall–Kier alpha value is -2.16. The zero-order valence-electron chi connectivity index (χ0n) is 11.1. The summed E-state index contributed by atoms with van der Waals surface area (Å²) >= 11 is 0. The lowest BCUT2D eigenvalue weighted by Gasteiger charge is -2.26. The number of anilines is 1. The second-order valence-electron chi connectivity index (χ2n) is 5.00. The fourth-order valence-corrected chi connectivity index (χ4v) is 2.46. The van der Waals surface area contributed by atoms with E-state index in [9.17, 15) is 5.11 Å². The predicted octanol–water partition coefficient (Wildman–Crippen LogP) is 3.27. The Labute approximate surface area is 113 Å². The van der Waals surface area contributed by atoms with Crippen LogP contribution in [0.1, 0.15) is 17.2 Å². The number of rotatable bonds is 2. The minimum absolute atomic E-state index is 0.193. The van der Waals surface area contributed by atoms with Crippen LogP contribution < -0.4 is 9.64 Å². The molecule has 1 N–H and O–H groups in total. The molecule has 98 valence electrons. The van der Waals surface area contributed by atoms with Crippen molar-refractivity contribution < 1.29 is 9.84 Å². The zero-order chi connectivity index (χ0) is 13.4. The highest BCUT2D eigenvalue weighted by Crippen LogP contribution is 2.39. The maximum Gasteiger partial charge on any atom is 0.128 e. The molecule has 2 aromatic carbocycles. The van der Waals surface area contributed by atoms with Crippen LogP contribution in [0.2, 0.25) is 0 Å². The number of hydrogen-bond donors (Lipinski definition) is 1. The van der Waals surface area contributed by atoms with E-state index < -0.39 is 0 Å². The maximum atomic E-state index is 9.48. The van der Waals surface area contributed by atoms with Gasteiger partial charge in [-0.3, -0.25) is 0 Å². The highest BCUT2D eigenvalue weighted by Gasteiger charge is 2.28. The number of phenolic OH excluding ortho intramolecular Hbond substituents is 1. The molecule has 2 aromatic rings. The topological polar surface area (TPSA) is 32.7 Å². The summed E-state index contributed by atoms with van der Waals surface area (Å²) in [7, 11) is 2.07. The molecule has 0 spiro atoms. The van der Waals surface area contributed by atoms with Crippen molar-refractivity contribution in [3.63, 3.8) is 0 Å². The summed E-state index contributed by atoms with van der Waals surface area (Å²) in [5, 5.41) is 9.48. The molecule has 1 unspecified atom stereocenters. The van der Waals surface area contributed by atoms with Gasteiger partial charge < -0.3 is 14.7 Å². The van der Waals surface area contributed by atoms with E-state index in [-0.39, 0.29) is 11.8 Å². The second kappa shape index (κ2) is 4.50. The van der Waals surface area contributed by atoms with E-state index in [1.807, 2.05) is 6.07 Å². The van der Waals surface area contributed by atoms with Gasteiger partial charge in [-0.1, -0.05) is 17.7 Å². The molecule has 1 atom stereocenters. The summed E-state index contributed by atoms with van der Waals surface area (Å²) < 4.78 is 5.66. The lowest BCUT2D eigenvalue weighted by atomic mass is 10.1. The number of fused-ring (bicyclic) bond motifs is 1. The number of aryl methyl sites for hydroxylation is 1. The van der Waals surface area contributed by atoms with Gasteiger partial charge in [0.05, 0.1) is 6.04 Å². The van der Waals surface area contributed by atoms with Crippen LogP contribution in [0, 0.1) is 6.92 Å². The smallest absolute Gasteiger partial charge is 0.128 e. The number of likely N-dealkylation sites (N-methyl/N-ethyl adjacent to an activating group) is 1. The minimum Gasteiger partial charge on any atom is -0.508 e. The lowest BCUT2D eigenvalue weighted by molar-refractivity contribution is 0.328. The van der Waals surface area contributed by atoms with Crippen molar-refractivity contribution in [1.29, 1.82) is 0 Å². The molecule has 0 saturated heterocycles. The van der Waals surface area contributed by atoms with Crippen LogP contribution >= 0.6 is 0 Å². The summed E-state index contributed by atoms with van der Waals surface area (Å²) in [5.41, 5.74) is 3.55. The molecule has 3 nitrogen and oxygen atoms in total. The Morgan fingerprint density at radius 2 is 1.89 bits per heavy atom. The number of ether oxygens (including phenoxy) is 1. The normalized spacial score (nSPS) is 16.8. The highest BCUT2D eigenvalue weighted by molar-refractivity contribution is 5.53. The van der Waals surface area contributed by atoms with Crippen molar-refractivity contribution >= 4 is 5.69 Å². The van der Waals surface area contributed by atoms with E-state index in [1.54, 1.807) is 12.1 Å². The second-order valence-corrected chi connectivity index (χ2v) is 5.00. The van der Waals surface area contributed by atoms with Gasteiger partial charge in [0.15, 0.2) is 0 Å². The molecule has 1 aliphatic heterocycles. The monoisotopic (exact) mass is 255 g/mol. The molecule has 3 heteroatoms. The molecule has 0 radical (unpaired) electrons. The molecule has 0 fully saturated rings. The quantitative estimate of drug-likeness (QED) is 0.894. The Bertz CT molecular complexity index is 592. The van der Waals surface area contributed by atoms with Crippen LogP contribution in [0.5, 0.6) is 11.5 Å². The highest BCUT2D eigenvalue weighted by atomic mass is 16.5. The van der Waals surface area contributed by atoms with E-state index in [0.717, 1.165) is 11.3 Å². The van der Waals surface area contributed by atoms with Gasteiger partial charge in [-0.2, -0.15) is 0 Å². The van der Waals surface area contributed by atoms with Crippen molar-refractivity contribution in [1.82, 2.24) is 0 Å². The van der Waals surface area contributed by atoms with E-state index >= 15 is 0 Å². The first-order valence-electron chi connectivity index (χ1n) is 6.40. The van der Waals surface area contributed by atoms with Crippen LogP contribution in [-0.4, -0.2) is 18.8 Å². The third-order valence-electron chi connectivity index (χ3n) is 3.66. The van der Waals surface area contributed by atoms with Crippen molar-refractivity contribution in [2.24, 2.45) is 0 Å². The molecule has 0 aromatic heterocycles. The van der Waals surface area contributed by atoms with E-state index in [1.165, 1.54) is 11.3 Å². The summed E-state index contributed by atoms with van der Waals surface area (Å²) in [6, 6.07) is 14.0. The molecule has 0 bridgehead atoms. The number of phenols is 1. The average Bonchev–Trinajstić information content (AvgIpc) is 2.81. The summed E-state index contributed by atoms with van der Waals surface area (Å²) in [6.07, 6.45) is 0. The Morgan fingerprint density at radius 3 is 2.63 bits per heavy atom. The van der Waals surface area contributed by atoms with Gasteiger partial charge in [0.1, 0.15) is 18.1 Å². The lowest BCUT2D eigenvalue weighted by Crippen LogP contribution is -2.25. The first-order valence-corrected chi connectivity index (χ1v) is 6.40. The van der Waals surface area contributed by atoms with Crippen LogP contribution in [0.25, 0.3) is 0 Å². The molecule has 0 aliphatic carbocycles. The van der Waals surface area contributed by atoms with Gasteiger partial charge in [-0.25, -0.2) is 0 Å². The third kappa shape index (κ3) is 2.12. The molecule has 19 heavy (non-hydrogen) atoms. The fraction of sp³-hybridized carbons (Fsp3) is 0.250. The number of hydrogen-bond acceptors (Lipinski definition) is 3. The zero-order valence-corrected chi connectivity index (χ0v) is 11.1. The average molecular weight is 255 g/mol. The molecule has 3 rings (SSSR count). The van der Waals surface area contributed by atoms with Crippen molar-refractivity contribution in [3.05, 3.63) is 53.6 Å². The van der Waals surface area contributed by atoms with Gasteiger partial charge in [-0.05, 0) is 31.2 Å². The molecule has 1 aliphatic rings. The predicted molar refractivity (Wildman–Crippen MR) is 75.9 cm³/mol. The summed E-state index contributed by atoms with van der Waals surface area (Å²) in [4.78, 5) is 2.21. The molecular weight excluding hydrogens is 238 g/mol. The van der Waals surface area contributed by atoms with Crippen LogP contribution in [0.15, 0.2) is 42.5 Å². The number of benzene rings is 2. The first-order chi connectivity index (χ1) is 9.15. The Morgan fingerprint density at radius 1 is 1.16 bits per heavy atom. The number of aromatic hydroxyl groups is 1. The van der Waals surface area contributed by atoms with Gasteiger partial charge >= 0.3 is 0 Å². The maximum absolute atomic E-state index is 9.48. The SMILES string of the molecule is Cc1ccc(N(C)C2COc3cc(O)ccc32)cc1. The van der Waals surface area contributed by atoms with E-state index in [4.69, 9.17) is 4.74 Å². The van der Waals surface area contributed by atoms with Crippen LogP contribution in [0.4, 0.5) is 5.69 Å². The van der Waals surface area contributed by atoms with Crippen LogP contribution in [-0.2, 0) is 0 Å². The molecule has 0 saturated carbocycles. The van der Waals surface area contributed by atoms with Gasteiger partial charge in [-0.15, -0.1) is 0 Å². The van der Waals surface area contributed by atoms with Gasteiger partial charge in [0.2, 0.25) is 0 Å².